The van der Waals surface area contributed by atoms with Gasteiger partial charge in [0.05, 0.1) is 37.4 Å². The molecule has 2 aliphatic carbocycles. The smallest absolute Gasteiger partial charge is 0.345 e. The van der Waals surface area contributed by atoms with Crippen LogP contribution < -0.4 is 14.8 Å². The van der Waals surface area contributed by atoms with Gasteiger partial charge in [-0.15, -0.1) is 0 Å². The van der Waals surface area contributed by atoms with Crippen molar-refractivity contribution in [2.45, 2.75) is 67.8 Å². The zero-order valence-corrected chi connectivity index (χ0v) is 20.0. The lowest BCUT2D eigenvalue weighted by Crippen LogP contribution is -2.74. The van der Waals surface area contributed by atoms with Gasteiger partial charge in [0, 0.05) is 18.0 Å². The highest BCUT2D eigenvalue weighted by Crippen LogP contribution is 2.64. The molecule has 1 fully saturated rings. The highest BCUT2D eigenvalue weighted by Gasteiger charge is 2.71. The van der Waals surface area contributed by atoms with E-state index in [-0.39, 0.29) is 18.2 Å². The monoisotopic (exact) mass is 517 g/mol. The quantitative estimate of drug-likeness (QED) is 0.333. The van der Waals surface area contributed by atoms with Gasteiger partial charge in [0.1, 0.15) is 5.76 Å². The van der Waals surface area contributed by atoms with Crippen molar-refractivity contribution in [3.05, 3.63) is 35.1 Å². The van der Waals surface area contributed by atoms with E-state index in [2.05, 4.69) is 10.1 Å². The average molecular weight is 517 g/mol. The Morgan fingerprint density at radius 1 is 1.19 bits per heavy atom. The predicted octanol–water partition coefficient (Wildman–Crippen LogP) is 0.425. The number of esters is 2. The van der Waals surface area contributed by atoms with Crippen LogP contribution in [0.2, 0.25) is 0 Å². The Labute approximate surface area is 211 Å². The van der Waals surface area contributed by atoms with Gasteiger partial charge in [-0.1, -0.05) is 6.07 Å². The predicted molar refractivity (Wildman–Crippen MR) is 122 cm³/mol. The van der Waals surface area contributed by atoms with Crippen molar-refractivity contribution in [3.8, 4) is 11.5 Å². The fourth-order valence-corrected chi connectivity index (χ4v) is 6.22. The minimum atomic E-state index is -1.85. The van der Waals surface area contributed by atoms with E-state index in [1.54, 1.807) is 6.08 Å². The van der Waals surface area contributed by atoms with Crippen LogP contribution in [0.5, 0.6) is 11.5 Å². The molecule has 5 atom stereocenters. The molecule has 4 N–H and O–H groups in total. The third-order valence-corrected chi connectivity index (χ3v) is 7.79. The van der Waals surface area contributed by atoms with Crippen LogP contribution in [0.3, 0.4) is 0 Å². The number of carboxylic acids is 2. The number of piperidine rings is 1. The minimum absolute atomic E-state index is 0.213. The zero-order valence-electron chi connectivity index (χ0n) is 20.0. The molecule has 12 heteroatoms. The average Bonchev–Trinajstić information content (AvgIpc) is 3.18. The van der Waals surface area contributed by atoms with E-state index in [1.165, 1.54) is 7.11 Å². The van der Waals surface area contributed by atoms with Gasteiger partial charge in [0.2, 0.25) is 6.10 Å². The van der Waals surface area contributed by atoms with Crippen molar-refractivity contribution in [3.63, 3.8) is 0 Å². The van der Waals surface area contributed by atoms with Crippen molar-refractivity contribution in [2.75, 3.05) is 13.7 Å². The van der Waals surface area contributed by atoms with Crippen LogP contribution in [-0.2, 0) is 40.5 Å². The summed E-state index contributed by atoms with van der Waals surface area (Å²) < 4.78 is 22.2. The Bertz CT molecular complexity index is 1210. The summed E-state index contributed by atoms with van der Waals surface area (Å²) in [6, 6.07) is 3.57. The SMILES string of the molecule is COc1ccc2c3c1O[C@@H]1C(OC(=O)CCC(=O)O[C@H](CC(=O)O)C(=O)O)=CC[C@]4(O)[C@H](C2)NCC[C@@]314. The highest BCUT2D eigenvalue weighted by molar-refractivity contribution is 5.84. The van der Waals surface area contributed by atoms with Crippen molar-refractivity contribution in [1.82, 2.24) is 5.32 Å². The maximum absolute atomic E-state index is 12.7. The lowest BCUT2D eigenvalue weighted by molar-refractivity contribution is -0.168. The van der Waals surface area contributed by atoms with Gasteiger partial charge in [0.25, 0.3) is 0 Å². The third kappa shape index (κ3) is 3.82. The number of aliphatic hydroxyl groups is 1. The van der Waals surface area contributed by atoms with E-state index >= 15 is 0 Å². The molecule has 0 unspecified atom stereocenters. The van der Waals surface area contributed by atoms with Gasteiger partial charge in [0.15, 0.2) is 17.6 Å². The summed E-state index contributed by atoms with van der Waals surface area (Å²) in [5, 5.41) is 33.2. The van der Waals surface area contributed by atoms with E-state index < -0.39 is 66.4 Å². The standard InChI is InChI=1S/C25H27NO11/c1-34-13-3-2-12-10-16-25(33)7-6-14(22-24(25,8-9-26-16)20(12)21(13)37-22)35-18(29)4-5-19(30)36-15(23(31)32)11-17(27)28/h2-3,6,15-16,22,26,33H,4-5,7-11H2,1H3,(H,27,28)(H,31,32)/t15-,16+,22-,24-,25+/m1/s1. The van der Waals surface area contributed by atoms with E-state index in [1.807, 2.05) is 12.1 Å². The van der Waals surface area contributed by atoms with Gasteiger partial charge in [-0.05, 0) is 37.1 Å². The third-order valence-electron chi connectivity index (χ3n) is 7.79. The lowest BCUT2D eigenvalue weighted by atomic mass is 9.50. The summed E-state index contributed by atoms with van der Waals surface area (Å²) in [7, 11) is 1.53. The molecule has 12 nitrogen and oxygen atoms in total. The van der Waals surface area contributed by atoms with Crippen LogP contribution in [-0.4, -0.2) is 76.7 Å². The molecule has 198 valence electrons. The molecule has 2 bridgehead atoms. The van der Waals surface area contributed by atoms with Crippen LogP contribution in [0.1, 0.15) is 43.2 Å². The number of carbonyl (C=O) groups excluding carboxylic acids is 2. The number of nitrogens with one attached hydrogen (secondary N) is 1. The van der Waals surface area contributed by atoms with Crippen molar-refractivity contribution < 1.29 is 53.4 Å². The Kier molecular flexibility index (Phi) is 6.11. The minimum Gasteiger partial charge on any atom is -0.493 e. The van der Waals surface area contributed by atoms with E-state index in [4.69, 9.17) is 24.4 Å². The molecular formula is C25H27NO11. The summed E-state index contributed by atoms with van der Waals surface area (Å²) in [5.41, 5.74) is -0.115. The number of hydrogen-bond donors (Lipinski definition) is 4. The molecule has 0 aromatic heterocycles. The van der Waals surface area contributed by atoms with Crippen molar-refractivity contribution in [2.24, 2.45) is 0 Å². The maximum atomic E-state index is 12.7. The second-order valence-corrected chi connectivity index (χ2v) is 9.68. The van der Waals surface area contributed by atoms with Gasteiger partial charge < -0.3 is 39.6 Å². The van der Waals surface area contributed by atoms with Crippen molar-refractivity contribution >= 4 is 23.9 Å². The number of hydrogen-bond acceptors (Lipinski definition) is 10. The van der Waals surface area contributed by atoms with Crippen LogP contribution in [0.4, 0.5) is 0 Å². The van der Waals surface area contributed by atoms with Gasteiger partial charge in [-0.25, -0.2) is 4.79 Å². The maximum Gasteiger partial charge on any atom is 0.345 e. The van der Waals surface area contributed by atoms with E-state index in [0.29, 0.717) is 30.9 Å². The number of benzene rings is 1. The van der Waals surface area contributed by atoms with Gasteiger partial charge in [-0.2, -0.15) is 0 Å². The topological polar surface area (TPSA) is 178 Å². The molecule has 37 heavy (non-hydrogen) atoms. The molecule has 0 amide bonds. The Morgan fingerprint density at radius 3 is 2.65 bits per heavy atom. The normalized spacial score (nSPS) is 29.2. The van der Waals surface area contributed by atoms with Crippen LogP contribution in [0.15, 0.2) is 24.0 Å². The molecule has 0 radical (unpaired) electrons. The van der Waals surface area contributed by atoms with Gasteiger partial charge >= 0.3 is 23.9 Å². The first-order valence-corrected chi connectivity index (χ1v) is 12.0. The van der Waals surface area contributed by atoms with Crippen LogP contribution in [0, 0.1) is 0 Å². The molecule has 2 aliphatic heterocycles. The number of carboxylic acid groups (broad SMARTS) is 2. The Hall–Kier alpha value is -3.64. The Morgan fingerprint density at radius 2 is 1.95 bits per heavy atom. The summed E-state index contributed by atoms with van der Waals surface area (Å²) in [4.78, 5) is 46.6. The summed E-state index contributed by atoms with van der Waals surface area (Å²) in [6.07, 6.45) is -1.45. The van der Waals surface area contributed by atoms with Crippen LogP contribution >= 0.6 is 0 Å². The van der Waals surface area contributed by atoms with Crippen LogP contribution in [0.25, 0.3) is 0 Å². The molecule has 4 aliphatic rings. The number of rotatable bonds is 9. The zero-order chi connectivity index (χ0) is 26.5. The summed E-state index contributed by atoms with van der Waals surface area (Å²) in [5.74, 6) is -3.59. The lowest BCUT2D eigenvalue weighted by Gasteiger charge is -2.59. The summed E-state index contributed by atoms with van der Waals surface area (Å²) >= 11 is 0. The number of ether oxygens (including phenoxy) is 4. The van der Waals surface area contributed by atoms with Crippen molar-refractivity contribution in [1.29, 1.82) is 0 Å². The Balaban J connectivity index is 1.33. The highest BCUT2D eigenvalue weighted by atomic mass is 16.6. The number of aliphatic carboxylic acids is 2. The fraction of sp³-hybridized carbons (Fsp3) is 0.520. The largest absolute Gasteiger partial charge is 0.493 e. The number of methoxy groups -OCH3 is 1. The second kappa shape index (κ2) is 9.03. The molecule has 0 saturated carbocycles. The first-order chi connectivity index (χ1) is 17.6. The molecule has 1 saturated heterocycles. The molecule has 1 aromatic carbocycles. The molecule has 1 spiro atoms. The number of carbonyl (C=O) groups is 4. The first kappa shape index (κ1) is 25.0. The fourth-order valence-electron chi connectivity index (χ4n) is 6.22. The van der Waals surface area contributed by atoms with E-state index in [9.17, 15) is 24.3 Å². The van der Waals surface area contributed by atoms with Gasteiger partial charge in [-0.3, -0.25) is 14.4 Å². The molecular weight excluding hydrogens is 490 g/mol. The molecule has 5 rings (SSSR count). The molecule has 1 aromatic rings. The first-order valence-electron chi connectivity index (χ1n) is 12.0. The van der Waals surface area contributed by atoms with E-state index in [0.717, 1.165) is 11.1 Å². The second-order valence-electron chi connectivity index (χ2n) is 9.68. The molecule has 2 heterocycles. The summed E-state index contributed by atoms with van der Waals surface area (Å²) in [6.45, 7) is 0.636.